The van der Waals surface area contributed by atoms with Crippen molar-refractivity contribution in [3.8, 4) is 0 Å². The van der Waals surface area contributed by atoms with Crippen molar-refractivity contribution in [1.82, 2.24) is 4.98 Å². The number of aromatic nitrogens is 1. The Hall–Kier alpha value is 0.316. The van der Waals surface area contributed by atoms with Gasteiger partial charge in [-0.15, -0.1) is 0 Å². The Morgan fingerprint density at radius 1 is 1.78 bits per heavy atom. The molecule has 0 bridgehead atoms. The largest absolute Gasteiger partial charge is 1.00 e. The molecule has 1 rings (SSSR count). The van der Waals surface area contributed by atoms with Crippen molar-refractivity contribution < 1.29 is 65.7 Å². The number of oxazole rings is 1. The minimum Gasteiger partial charge on any atom is -0.540 e. The zero-order valence-electron chi connectivity index (χ0n) is 4.83. The van der Waals surface area contributed by atoms with Crippen LogP contribution in [0.1, 0.15) is 10.7 Å². The van der Waals surface area contributed by atoms with E-state index < -0.39 is 5.97 Å². The van der Waals surface area contributed by atoms with Crippen LogP contribution in [0.15, 0.2) is 16.9 Å². The smallest absolute Gasteiger partial charge is 0.540 e. The summed E-state index contributed by atoms with van der Waals surface area (Å²) in [7, 11) is 0. The molecule has 0 N–H and O–H groups in total. The van der Waals surface area contributed by atoms with Crippen LogP contribution in [0.3, 0.4) is 0 Å². The van der Waals surface area contributed by atoms with E-state index in [0.29, 0.717) is 0 Å². The number of carbonyl (C=O) groups is 1. The maximum absolute atomic E-state index is 9.79. The van der Waals surface area contributed by atoms with Crippen LogP contribution < -0.4 is 56.5 Å². The summed E-state index contributed by atoms with van der Waals surface area (Å²) < 4.78 is 4.32. The Bertz CT molecular complexity index is 184. The molecule has 0 aliphatic rings. The van der Waals surface area contributed by atoms with Crippen molar-refractivity contribution in [2.45, 2.75) is 0 Å². The van der Waals surface area contributed by atoms with E-state index in [9.17, 15) is 9.90 Å². The zero-order valence-corrected chi connectivity index (χ0v) is 7.95. The van der Waals surface area contributed by atoms with Crippen LogP contribution in [0.4, 0.5) is 0 Å². The van der Waals surface area contributed by atoms with E-state index in [1.807, 2.05) is 0 Å². The van der Waals surface area contributed by atoms with Crippen LogP contribution in [-0.2, 0) is 0 Å². The Morgan fingerprint density at radius 2 is 2.44 bits per heavy atom. The van der Waals surface area contributed by atoms with E-state index in [1.165, 1.54) is 12.5 Å². The van der Waals surface area contributed by atoms with Crippen molar-refractivity contribution in [1.29, 1.82) is 0 Å². The average Bonchev–Trinajstić information content (AvgIpc) is 2.12. The van der Waals surface area contributed by atoms with Gasteiger partial charge in [0.25, 0.3) is 0 Å². The summed E-state index contributed by atoms with van der Waals surface area (Å²) in [5, 5.41) is 9.79. The van der Waals surface area contributed by atoms with Crippen LogP contribution in [0, 0.1) is 0 Å². The number of nitrogens with zero attached hydrogens (tertiary/aromatic N) is 1. The van der Waals surface area contributed by atoms with Gasteiger partial charge in [-0.1, -0.05) is 0 Å². The Morgan fingerprint density at radius 3 is 2.67 bits per heavy atom. The fourth-order valence-electron chi connectivity index (χ4n) is 0.324. The molecule has 0 radical (unpaired) electrons. The van der Waals surface area contributed by atoms with Gasteiger partial charge in [0.15, 0.2) is 0 Å². The molecular weight excluding hydrogens is 149 g/mol. The average molecular weight is 151 g/mol. The summed E-state index contributed by atoms with van der Waals surface area (Å²) in [5.41, 5.74) is 0. The normalized spacial score (nSPS) is 8.00. The second-order valence-corrected chi connectivity index (χ2v) is 1.12. The number of hydrogen-bond donors (Lipinski definition) is 0. The SMILES string of the molecule is O=C([O-])c1ncco1.[K+]. The Balaban J connectivity index is 0.000000640. The molecular formula is C4H2KNO3. The van der Waals surface area contributed by atoms with E-state index in [2.05, 4.69) is 9.40 Å². The predicted molar refractivity (Wildman–Crippen MR) is 20.8 cm³/mol. The third-order valence-electron chi connectivity index (χ3n) is 0.607. The van der Waals surface area contributed by atoms with Gasteiger partial charge in [-0.25, -0.2) is 4.98 Å². The maximum Gasteiger partial charge on any atom is 1.00 e. The minimum atomic E-state index is -1.39. The molecule has 4 nitrogen and oxygen atoms in total. The van der Waals surface area contributed by atoms with Crippen molar-refractivity contribution >= 4 is 5.97 Å². The van der Waals surface area contributed by atoms with Crippen LogP contribution in [0.2, 0.25) is 0 Å². The number of carboxylic acids is 1. The fourth-order valence-corrected chi connectivity index (χ4v) is 0.324. The second kappa shape index (κ2) is 4.18. The first kappa shape index (κ1) is 9.32. The molecule has 0 saturated carbocycles. The molecule has 1 heterocycles. The van der Waals surface area contributed by atoms with Gasteiger partial charge in [-0.3, -0.25) is 0 Å². The first-order valence-electron chi connectivity index (χ1n) is 1.91. The quantitative estimate of drug-likeness (QED) is 0.384. The first-order valence-corrected chi connectivity index (χ1v) is 1.91. The molecule has 0 aromatic carbocycles. The van der Waals surface area contributed by atoms with E-state index in [1.54, 1.807) is 0 Å². The first-order chi connectivity index (χ1) is 3.80. The standard InChI is InChI=1S/C4H3NO3.K/c6-4(7)3-5-1-2-8-3;/h1-2H,(H,6,7);/q;+1/p-1. The van der Waals surface area contributed by atoms with Gasteiger partial charge in [0.2, 0.25) is 5.89 Å². The monoisotopic (exact) mass is 151 g/mol. The molecule has 5 heteroatoms. The maximum atomic E-state index is 9.79. The van der Waals surface area contributed by atoms with Gasteiger partial charge < -0.3 is 14.3 Å². The van der Waals surface area contributed by atoms with Crippen LogP contribution in [0.25, 0.3) is 0 Å². The second-order valence-electron chi connectivity index (χ2n) is 1.12. The number of rotatable bonds is 1. The topological polar surface area (TPSA) is 66.2 Å². The van der Waals surface area contributed by atoms with Gasteiger partial charge in [0.05, 0.1) is 6.20 Å². The van der Waals surface area contributed by atoms with Crippen LogP contribution in [-0.4, -0.2) is 11.0 Å². The number of carboxylic acid groups (broad SMARTS) is 1. The van der Waals surface area contributed by atoms with E-state index in [4.69, 9.17) is 0 Å². The van der Waals surface area contributed by atoms with Crippen molar-refractivity contribution in [2.75, 3.05) is 0 Å². The number of aromatic carboxylic acids is 1. The van der Waals surface area contributed by atoms with E-state index >= 15 is 0 Å². The molecule has 1 aromatic heterocycles. The molecule has 9 heavy (non-hydrogen) atoms. The van der Waals surface area contributed by atoms with Crippen molar-refractivity contribution in [3.63, 3.8) is 0 Å². The summed E-state index contributed by atoms with van der Waals surface area (Å²) >= 11 is 0. The third kappa shape index (κ3) is 2.59. The van der Waals surface area contributed by atoms with Crippen LogP contribution in [0.5, 0.6) is 0 Å². The van der Waals surface area contributed by atoms with Gasteiger partial charge in [0, 0.05) is 0 Å². The summed E-state index contributed by atoms with van der Waals surface area (Å²) in [4.78, 5) is 13.1. The van der Waals surface area contributed by atoms with Crippen molar-refractivity contribution in [2.24, 2.45) is 0 Å². The van der Waals surface area contributed by atoms with Gasteiger partial charge >= 0.3 is 51.4 Å². The summed E-state index contributed by atoms with van der Waals surface area (Å²) in [6.45, 7) is 0. The molecule has 0 unspecified atom stereocenters. The van der Waals surface area contributed by atoms with E-state index in [-0.39, 0.29) is 57.3 Å². The fraction of sp³-hybridized carbons (Fsp3) is 0. The molecule has 42 valence electrons. The molecule has 0 atom stereocenters. The summed E-state index contributed by atoms with van der Waals surface area (Å²) in [6, 6.07) is 0. The van der Waals surface area contributed by atoms with Gasteiger partial charge in [-0.2, -0.15) is 0 Å². The van der Waals surface area contributed by atoms with E-state index in [0.717, 1.165) is 0 Å². The Kier molecular flexibility index (Phi) is 4.33. The predicted octanol–water partition coefficient (Wildman–Crippen LogP) is -3.96. The molecule has 0 spiro atoms. The third-order valence-corrected chi connectivity index (χ3v) is 0.607. The van der Waals surface area contributed by atoms with Crippen LogP contribution >= 0.6 is 0 Å². The van der Waals surface area contributed by atoms with Gasteiger partial charge in [-0.05, 0) is 0 Å². The summed E-state index contributed by atoms with van der Waals surface area (Å²) in [6.07, 6.45) is 2.41. The molecule has 0 aliphatic heterocycles. The molecule has 0 saturated heterocycles. The number of carbonyl (C=O) groups excluding carboxylic acids is 1. The molecule has 0 aliphatic carbocycles. The summed E-state index contributed by atoms with van der Waals surface area (Å²) in [5.74, 6) is -1.78. The molecule has 1 aromatic rings. The minimum absolute atomic E-state index is 0. The molecule has 0 fully saturated rings. The Labute approximate surface area is 93.7 Å². The molecule has 0 amide bonds. The number of hydrogen-bond acceptors (Lipinski definition) is 4. The van der Waals surface area contributed by atoms with Gasteiger partial charge in [0.1, 0.15) is 12.2 Å². The van der Waals surface area contributed by atoms with Crippen molar-refractivity contribution in [3.05, 3.63) is 18.4 Å². The zero-order chi connectivity index (χ0) is 5.98.